The van der Waals surface area contributed by atoms with Crippen molar-refractivity contribution >= 4 is 68.9 Å². The lowest BCUT2D eigenvalue weighted by atomic mass is 9.68. The van der Waals surface area contributed by atoms with Crippen molar-refractivity contribution in [2.24, 2.45) is 0 Å². The van der Waals surface area contributed by atoms with E-state index in [1.165, 1.54) is 87.9 Å². The molecule has 0 heterocycles. The summed E-state index contributed by atoms with van der Waals surface area (Å²) < 4.78 is 0. The second kappa shape index (κ2) is 16.5. The number of para-hydroxylation sites is 2. The van der Waals surface area contributed by atoms with E-state index in [0.29, 0.717) is 0 Å². The topological polar surface area (TPSA) is 6.48 Å². The molecule has 3 heteroatoms. The van der Waals surface area contributed by atoms with Crippen molar-refractivity contribution in [2.45, 2.75) is 84.4 Å². The molecule has 10 aromatic carbocycles. The van der Waals surface area contributed by atoms with Gasteiger partial charge in [-0.15, -0.1) is 0 Å². The largest absolute Gasteiger partial charge is 0.310 e. The van der Waals surface area contributed by atoms with Gasteiger partial charge in [0.15, 0.2) is 0 Å². The zero-order chi connectivity index (χ0) is 49.9. The molecule has 1 spiro atoms. The van der Waals surface area contributed by atoms with Crippen molar-refractivity contribution in [3.63, 3.8) is 0 Å². The Balaban J connectivity index is 1.14. The Labute approximate surface area is 428 Å². The van der Waals surface area contributed by atoms with Gasteiger partial charge >= 0.3 is 0 Å². The number of fused-ring (bicyclic) bond motifs is 14. The van der Waals surface area contributed by atoms with Crippen molar-refractivity contribution in [2.75, 3.05) is 9.80 Å². The molecule has 12 rings (SSSR count). The van der Waals surface area contributed by atoms with Gasteiger partial charge in [0.05, 0.1) is 13.5 Å². The first-order chi connectivity index (χ1) is 34.5. The third-order valence-corrected chi connectivity index (χ3v) is 17.8. The normalized spacial score (nSPS) is 13.5. The van der Waals surface area contributed by atoms with Crippen LogP contribution in [0.3, 0.4) is 0 Å². The first-order valence-corrected chi connectivity index (χ1v) is 29.3. The summed E-state index contributed by atoms with van der Waals surface area (Å²) >= 11 is 0. The van der Waals surface area contributed by atoms with Crippen molar-refractivity contribution in [3.8, 4) is 22.3 Å². The number of nitrogens with zero attached hydrogens (tertiary/aromatic N) is 2. The SMILES string of the molecule is Cc1ccc(N(c2ccccc2)c2ccc3c4c(ccc3c2)-c2ccc3cc(N(c5ccccc5)c5ccc([Si](C)(C)C)cc5)ccc3c2C42c3ccc(C(C)(C)C)cc3-c3cc(C(C)(C)C)ccc32)cc1. The minimum Gasteiger partial charge on any atom is -0.310 e. The fraction of sp³-hybridized carbons (Fsp3) is 0.188. The van der Waals surface area contributed by atoms with Crippen LogP contribution in [-0.4, -0.2) is 8.07 Å². The maximum atomic E-state index is 2.53. The Bertz CT molecular complexity index is 3670. The van der Waals surface area contributed by atoms with Gasteiger partial charge in [-0.3, -0.25) is 0 Å². The number of benzene rings is 10. The number of aryl methyl sites for hydroxylation is 1. The fourth-order valence-corrected chi connectivity index (χ4v) is 13.1. The van der Waals surface area contributed by atoms with Gasteiger partial charge in [-0.2, -0.15) is 0 Å². The molecule has 0 unspecified atom stereocenters. The zero-order valence-electron chi connectivity index (χ0n) is 43.5. The van der Waals surface area contributed by atoms with Crippen molar-refractivity contribution in [3.05, 3.63) is 245 Å². The molecule has 0 fully saturated rings. The standard InChI is InChI=1S/C69H64N2Si/c1-45-21-27-52(28-22-45)70(50-17-13-11-14-18-50)54-31-37-57-46(41-54)23-35-59-60-36-24-47-42-55(71(51-19-15-12-16-20-51)53-29-33-56(34-30-53)72(8,9)10)32-38-58(47)66(60)69(65(57)59)63-39-25-48(67(2,3)4)43-61(63)62-44-49(68(5,6)7)26-40-64(62)69/h11-44H,1-10H3. The lowest BCUT2D eigenvalue weighted by molar-refractivity contribution is 0.589. The molecule has 10 aromatic rings. The fourth-order valence-electron chi connectivity index (χ4n) is 12.0. The van der Waals surface area contributed by atoms with Gasteiger partial charge in [0.1, 0.15) is 0 Å². The molecule has 0 atom stereocenters. The molecule has 0 bridgehead atoms. The third kappa shape index (κ3) is 7.27. The average Bonchev–Trinajstić information content (AvgIpc) is 3.84. The molecule has 0 aromatic heterocycles. The minimum atomic E-state index is -1.49. The molecule has 0 N–H and O–H groups in total. The van der Waals surface area contributed by atoms with Crippen LogP contribution in [0.4, 0.5) is 34.1 Å². The van der Waals surface area contributed by atoms with E-state index < -0.39 is 13.5 Å². The summed E-state index contributed by atoms with van der Waals surface area (Å²) in [6.07, 6.45) is 0. The van der Waals surface area contributed by atoms with Crippen molar-refractivity contribution in [1.29, 1.82) is 0 Å². The summed E-state index contributed by atoms with van der Waals surface area (Å²) in [4.78, 5) is 4.82. The van der Waals surface area contributed by atoms with Gasteiger partial charge in [0.2, 0.25) is 0 Å². The predicted octanol–water partition coefficient (Wildman–Crippen LogP) is 18.7. The molecule has 0 saturated carbocycles. The van der Waals surface area contributed by atoms with Crippen LogP contribution in [0, 0.1) is 6.92 Å². The Hall–Kier alpha value is -7.46. The highest BCUT2D eigenvalue weighted by Gasteiger charge is 2.54. The molecular formula is C69H64N2Si. The van der Waals surface area contributed by atoms with Crippen LogP contribution in [-0.2, 0) is 16.2 Å². The Morgan fingerprint density at radius 1 is 0.361 bits per heavy atom. The second-order valence-corrected chi connectivity index (χ2v) is 28.6. The smallest absolute Gasteiger partial charge is 0.0775 e. The summed E-state index contributed by atoms with van der Waals surface area (Å²) in [5.74, 6) is 0. The van der Waals surface area contributed by atoms with Gasteiger partial charge in [0, 0.05) is 34.1 Å². The van der Waals surface area contributed by atoms with E-state index in [1.807, 2.05) is 0 Å². The third-order valence-electron chi connectivity index (χ3n) is 15.7. The van der Waals surface area contributed by atoms with Crippen LogP contribution in [0.2, 0.25) is 19.6 Å². The van der Waals surface area contributed by atoms with Gasteiger partial charge in [-0.25, -0.2) is 0 Å². The van der Waals surface area contributed by atoms with Crippen LogP contribution in [0.15, 0.2) is 206 Å². The molecule has 2 aliphatic carbocycles. The Morgan fingerprint density at radius 2 is 0.750 bits per heavy atom. The van der Waals surface area contributed by atoms with Gasteiger partial charge in [-0.1, -0.05) is 205 Å². The Morgan fingerprint density at radius 3 is 1.15 bits per heavy atom. The maximum Gasteiger partial charge on any atom is 0.0775 e. The first kappa shape index (κ1) is 45.7. The molecule has 2 aliphatic rings. The molecule has 0 saturated heterocycles. The van der Waals surface area contributed by atoms with Crippen LogP contribution in [0.1, 0.15) is 80.5 Å². The van der Waals surface area contributed by atoms with Crippen molar-refractivity contribution in [1.82, 2.24) is 0 Å². The van der Waals surface area contributed by atoms with Gasteiger partial charge in [0.25, 0.3) is 0 Å². The molecule has 0 radical (unpaired) electrons. The molecular weight excluding hydrogens is 885 g/mol. The van der Waals surface area contributed by atoms with Gasteiger partial charge < -0.3 is 9.80 Å². The summed E-state index contributed by atoms with van der Waals surface area (Å²) in [5, 5.41) is 6.48. The Kier molecular flexibility index (Phi) is 10.5. The van der Waals surface area contributed by atoms with E-state index in [1.54, 1.807) is 0 Å². The summed E-state index contributed by atoms with van der Waals surface area (Å²) in [5.41, 5.74) is 21.0. The van der Waals surface area contributed by atoms with E-state index in [9.17, 15) is 0 Å². The van der Waals surface area contributed by atoms with E-state index in [2.05, 4.69) is 284 Å². The lowest BCUT2D eigenvalue weighted by Gasteiger charge is -2.33. The maximum absolute atomic E-state index is 2.53. The highest BCUT2D eigenvalue weighted by molar-refractivity contribution is 6.88. The number of hydrogen-bond donors (Lipinski definition) is 0. The summed E-state index contributed by atoms with van der Waals surface area (Å²) in [6, 6.07) is 78.9. The van der Waals surface area contributed by atoms with Crippen LogP contribution in [0.25, 0.3) is 43.8 Å². The summed E-state index contributed by atoms with van der Waals surface area (Å²) in [7, 11) is -1.49. The highest BCUT2D eigenvalue weighted by atomic mass is 28.3. The molecule has 0 aliphatic heterocycles. The van der Waals surface area contributed by atoms with E-state index >= 15 is 0 Å². The van der Waals surface area contributed by atoms with E-state index in [-0.39, 0.29) is 10.8 Å². The molecule has 0 amide bonds. The minimum absolute atomic E-state index is 0.0218. The van der Waals surface area contributed by atoms with E-state index in [0.717, 1.165) is 34.1 Å². The monoisotopic (exact) mass is 948 g/mol. The predicted molar refractivity (Wildman–Crippen MR) is 312 cm³/mol. The van der Waals surface area contributed by atoms with Crippen LogP contribution < -0.4 is 15.0 Å². The number of hydrogen-bond acceptors (Lipinski definition) is 2. The lowest BCUT2D eigenvalue weighted by Crippen LogP contribution is -2.37. The molecule has 354 valence electrons. The molecule has 72 heavy (non-hydrogen) atoms. The molecule has 2 nitrogen and oxygen atoms in total. The van der Waals surface area contributed by atoms with Crippen molar-refractivity contribution < 1.29 is 0 Å². The van der Waals surface area contributed by atoms with Gasteiger partial charge in [-0.05, 0) is 168 Å². The number of rotatable bonds is 7. The quantitative estimate of drug-likeness (QED) is 0.147. The zero-order valence-corrected chi connectivity index (χ0v) is 44.5. The average molecular weight is 949 g/mol. The van der Waals surface area contributed by atoms with Crippen LogP contribution in [0.5, 0.6) is 0 Å². The highest BCUT2D eigenvalue weighted by Crippen LogP contribution is 2.66. The van der Waals surface area contributed by atoms with Crippen LogP contribution >= 0.6 is 0 Å². The van der Waals surface area contributed by atoms with E-state index in [4.69, 9.17) is 0 Å². The first-order valence-electron chi connectivity index (χ1n) is 25.8. The second-order valence-electron chi connectivity index (χ2n) is 23.5. The number of anilines is 6. The summed E-state index contributed by atoms with van der Waals surface area (Å²) in [6.45, 7) is 23.5.